The van der Waals surface area contributed by atoms with Crippen molar-refractivity contribution in [3.63, 3.8) is 0 Å². The van der Waals surface area contributed by atoms with E-state index in [9.17, 15) is 4.79 Å². The van der Waals surface area contributed by atoms with Crippen LogP contribution in [0.2, 0.25) is 10.0 Å². The van der Waals surface area contributed by atoms with Crippen LogP contribution in [-0.4, -0.2) is 18.2 Å². The monoisotopic (exact) mass is 364 g/mol. The van der Waals surface area contributed by atoms with E-state index in [1.165, 1.54) is 0 Å². The molecule has 126 valence electrons. The summed E-state index contributed by atoms with van der Waals surface area (Å²) in [6.07, 6.45) is 0. The minimum Gasteiger partial charge on any atom is -0.483 e. The first-order valence-corrected chi connectivity index (χ1v) is 8.11. The fourth-order valence-corrected chi connectivity index (χ4v) is 2.27. The lowest BCUT2D eigenvalue weighted by Crippen LogP contribution is -2.25. The zero-order valence-corrected chi connectivity index (χ0v) is 15.2. The molecule has 2 rings (SSSR count). The normalized spacial score (nSPS) is 11.3. The lowest BCUT2D eigenvalue weighted by atomic mass is 10.1. The number of carbonyl (C=O) groups excluding carboxylic acids is 1. The van der Waals surface area contributed by atoms with Crippen LogP contribution in [0.1, 0.15) is 23.6 Å². The van der Waals surface area contributed by atoms with Crippen molar-refractivity contribution in [3.05, 3.63) is 63.1 Å². The Morgan fingerprint density at radius 3 is 2.58 bits per heavy atom. The van der Waals surface area contributed by atoms with Gasteiger partial charge in [-0.25, -0.2) is 5.43 Å². The number of halogens is 2. The SMILES string of the molecule is C/C(=N/NC(=O)COc1cc(C)ccc1C)c1ccc(Cl)c(Cl)c1. The second-order valence-electron chi connectivity index (χ2n) is 5.42. The molecule has 1 amide bonds. The van der Waals surface area contributed by atoms with Crippen molar-refractivity contribution in [1.29, 1.82) is 0 Å². The van der Waals surface area contributed by atoms with Gasteiger partial charge in [-0.1, -0.05) is 41.4 Å². The van der Waals surface area contributed by atoms with Crippen LogP contribution in [0.4, 0.5) is 0 Å². The molecule has 0 bridgehead atoms. The Balaban J connectivity index is 1.94. The summed E-state index contributed by atoms with van der Waals surface area (Å²) in [6, 6.07) is 11.0. The van der Waals surface area contributed by atoms with E-state index in [0.29, 0.717) is 21.5 Å². The maximum atomic E-state index is 11.9. The summed E-state index contributed by atoms with van der Waals surface area (Å²) in [5, 5.41) is 4.96. The van der Waals surface area contributed by atoms with Gasteiger partial charge in [-0.15, -0.1) is 0 Å². The number of hydrazone groups is 1. The predicted molar refractivity (Wildman–Crippen MR) is 98.2 cm³/mol. The van der Waals surface area contributed by atoms with Crippen molar-refractivity contribution in [2.45, 2.75) is 20.8 Å². The van der Waals surface area contributed by atoms with E-state index in [4.69, 9.17) is 27.9 Å². The molecule has 0 fully saturated rings. The van der Waals surface area contributed by atoms with Crippen molar-refractivity contribution in [2.75, 3.05) is 6.61 Å². The predicted octanol–water partition coefficient (Wildman–Crippen LogP) is 4.53. The number of rotatable bonds is 5. The lowest BCUT2D eigenvalue weighted by molar-refractivity contribution is -0.123. The van der Waals surface area contributed by atoms with Crippen LogP contribution in [0.15, 0.2) is 41.5 Å². The zero-order chi connectivity index (χ0) is 17.7. The Bertz CT molecular complexity index is 789. The molecule has 0 aliphatic rings. The fraction of sp³-hybridized carbons (Fsp3) is 0.222. The first kappa shape index (κ1) is 18.3. The summed E-state index contributed by atoms with van der Waals surface area (Å²) in [5.41, 5.74) is 5.91. The molecule has 6 heteroatoms. The molecule has 0 unspecified atom stereocenters. The number of amides is 1. The van der Waals surface area contributed by atoms with Gasteiger partial charge < -0.3 is 4.74 Å². The van der Waals surface area contributed by atoms with Crippen LogP contribution >= 0.6 is 23.2 Å². The Morgan fingerprint density at radius 1 is 1.12 bits per heavy atom. The summed E-state index contributed by atoms with van der Waals surface area (Å²) in [7, 11) is 0. The summed E-state index contributed by atoms with van der Waals surface area (Å²) in [6.45, 7) is 5.56. The van der Waals surface area contributed by atoms with Crippen LogP contribution in [0.3, 0.4) is 0 Å². The Morgan fingerprint density at radius 2 is 1.88 bits per heavy atom. The second-order valence-corrected chi connectivity index (χ2v) is 6.23. The van der Waals surface area contributed by atoms with Crippen LogP contribution in [-0.2, 0) is 4.79 Å². The summed E-state index contributed by atoms with van der Waals surface area (Å²) >= 11 is 11.8. The number of nitrogens with zero attached hydrogens (tertiary/aromatic N) is 1. The smallest absolute Gasteiger partial charge is 0.277 e. The molecule has 0 aliphatic heterocycles. The molecule has 0 spiro atoms. The molecule has 0 saturated heterocycles. The molecule has 0 aliphatic carbocycles. The van der Waals surface area contributed by atoms with E-state index in [1.807, 2.05) is 32.0 Å². The molecule has 0 heterocycles. The standard InChI is InChI=1S/C18H18Cl2N2O2/c1-11-4-5-12(2)17(8-11)24-10-18(23)22-21-13(3)14-6-7-15(19)16(20)9-14/h4-9H,10H2,1-3H3,(H,22,23)/b21-13-. The van der Waals surface area contributed by atoms with Crippen LogP contribution < -0.4 is 10.2 Å². The van der Waals surface area contributed by atoms with Crippen LogP contribution in [0, 0.1) is 13.8 Å². The lowest BCUT2D eigenvalue weighted by Gasteiger charge is -2.09. The highest BCUT2D eigenvalue weighted by Gasteiger charge is 2.06. The molecule has 24 heavy (non-hydrogen) atoms. The van der Waals surface area contributed by atoms with Gasteiger partial charge in [-0.3, -0.25) is 4.79 Å². The molecule has 1 N–H and O–H groups in total. The number of carbonyl (C=O) groups is 1. The number of benzene rings is 2. The van der Waals surface area contributed by atoms with E-state index in [-0.39, 0.29) is 12.5 Å². The maximum absolute atomic E-state index is 11.9. The van der Waals surface area contributed by atoms with Gasteiger partial charge in [0.2, 0.25) is 0 Å². The van der Waals surface area contributed by atoms with Crippen LogP contribution in [0.25, 0.3) is 0 Å². The van der Waals surface area contributed by atoms with Crippen LogP contribution in [0.5, 0.6) is 5.75 Å². The molecular formula is C18H18Cl2N2O2. The highest BCUT2D eigenvalue weighted by molar-refractivity contribution is 6.42. The molecule has 0 aromatic heterocycles. The molecule has 0 radical (unpaired) electrons. The highest BCUT2D eigenvalue weighted by Crippen LogP contribution is 2.23. The van der Waals surface area contributed by atoms with Gasteiger partial charge in [0.25, 0.3) is 5.91 Å². The van der Waals surface area contributed by atoms with Crippen molar-refractivity contribution in [1.82, 2.24) is 5.43 Å². The number of aryl methyl sites for hydroxylation is 2. The third-order valence-electron chi connectivity index (χ3n) is 3.39. The Labute approximate surface area is 151 Å². The van der Waals surface area contributed by atoms with Crippen molar-refractivity contribution < 1.29 is 9.53 Å². The quantitative estimate of drug-likeness (QED) is 0.625. The number of hydrogen-bond donors (Lipinski definition) is 1. The van der Waals surface area contributed by atoms with Crippen molar-refractivity contribution >= 4 is 34.8 Å². The summed E-state index contributed by atoms with van der Waals surface area (Å²) < 4.78 is 5.53. The molecule has 4 nitrogen and oxygen atoms in total. The van der Waals surface area contributed by atoms with Gasteiger partial charge in [0, 0.05) is 0 Å². The molecule has 2 aromatic rings. The summed E-state index contributed by atoms with van der Waals surface area (Å²) in [4.78, 5) is 11.9. The zero-order valence-electron chi connectivity index (χ0n) is 13.7. The second kappa shape index (κ2) is 8.18. The van der Waals surface area contributed by atoms with E-state index < -0.39 is 0 Å². The van der Waals surface area contributed by atoms with E-state index in [1.54, 1.807) is 25.1 Å². The van der Waals surface area contributed by atoms with Crippen molar-refractivity contribution in [2.24, 2.45) is 5.10 Å². The van der Waals surface area contributed by atoms with Gasteiger partial charge in [0.1, 0.15) is 5.75 Å². The molecule has 2 aromatic carbocycles. The Hall–Kier alpha value is -2.04. The minimum absolute atomic E-state index is 0.109. The fourth-order valence-electron chi connectivity index (χ4n) is 1.97. The molecule has 0 atom stereocenters. The summed E-state index contributed by atoms with van der Waals surface area (Å²) in [5.74, 6) is 0.352. The van der Waals surface area contributed by atoms with Gasteiger partial charge >= 0.3 is 0 Å². The number of hydrogen-bond acceptors (Lipinski definition) is 3. The highest BCUT2D eigenvalue weighted by atomic mass is 35.5. The number of ether oxygens (including phenoxy) is 1. The molecule has 0 saturated carbocycles. The van der Waals surface area contributed by atoms with Crippen molar-refractivity contribution in [3.8, 4) is 5.75 Å². The first-order chi connectivity index (χ1) is 11.4. The van der Waals surface area contributed by atoms with Gasteiger partial charge in [-0.05, 0) is 55.7 Å². The van der Waals surface area contributed by atoms with E-state index in [2.05, 4.69) is 10.5 Å². The van der Waals surface area contributed by atoms with Gasteiger partial charge in [-0.2, -0.15) is 5.10 Å². The minimum atomic E-state index is -0.338. The molecular weight excluding hydrogens is 347 g/mol. The van der Waals surface area contributed by atoms with Gasteiger partial charge in [0.05, 0.1) is 15.8 Å². The van der Waals surface area contributed by atoms with Gasteiger partial charge in [0.15, 0.2) is 6.61 Å². The van der Waals surface area contributed by atoms with E-state index in [0.717, 1.165) is 16.7 Å². The number of nitrogens with one attached hydrogen (secondary N) is 1. The third-order valence-corrected chi connectivity index (χ3v) is 4.13. The average Bonchev–Trinajstić information content (AvgIpc) is 2.56. The average molecular weight is 365 g/mol. The largest absolute Gasteiger partial charge is 0.483 e. The topological polar surface area (TPSA) is 50.7 Å². The third kappa shape index (κ3) is 4.98. The maximum Gasteiger partial charge on any atom is 0.277 e. The Kier molecular flexibility index (Phi) is 6.23. The van der Waals surface area contributed by atoms with E-state index >= 15 is 0 Å². The first-order valence-electron chi connectivity index (χ1n) is 7.35.